The predicted molar refractivity (Wildman–Crippen MR) is 105 cm³/mol. The minimum absolute atomic E-state index is 0.0539. The van der Waals surface area contributed by atoms with Crippen LogP contribution in [0.5, 0.6) is 0 Å². The van der Waals surface area contributed by atoms with Crippen LogP contribution in [0.3, 0.4) is 0 Å². The van der Waals surface area contributed by atoms with Crippen molar-refractivity contribution in [2.24, 2.45) is 22.7 Å². The molecule has 4 atom stereocenters. The second kappa shape index (κ2) is 6.96. The van der Waals surface area contributed by atoms with Gasteiger partial charge in [0, 0.05) is 11.6 Å². The van der Waals surface area contributed by atoms with Gasteiger partial charge in [-0.25, -0.2) is 0 Å². The third-order valence-corrected chi connectivity index (χ3v) is 7.70. The average Bonchev–Trinajstić information content (AvgIpc) is 2.62. The summed E-state index contributed by atoms with van der Waals surface area (Å²) in [5, 5.41) is 10.4. The van der Waals surface area contributed by atoms with Gasteiger partial charge in [-0.05, 0) is 68.1 Å². The average molecular weight is 373 g/mol. The summed E-state index contributed by atoms with van der Waals surface area (Å²) in [6, 6.07) is 0. The molecular formula is C23H32O4. The number of carbonyl (C=O) groups excluding carboxylic acids is 2. The van der Waals surface area contributed by atoms with Crippen LogP contribution in [0.15, 0.2) is 35.3 Å². The van der Waals surface area contributed by atoms with E-state index in [9.17, 15) is 14.7 Å². The second-order valence-corrected chi connectivity index (χ2v) is 9.05. The number of rotatable bonds is 4. The molecule has 0 aromatic carbocycles. The molecule has 3 aliphatic carbocycles. The standard InChI is InChI=1S/C23H32O4/c1-6-27-18-12-17(24)20(25)16(21(18)26)13-23(5)15(3)10-11-22(4)14(2)8-7-9-19(22)23/h12,15,19,25H,2,6-11,13H2,1,3-5H3/t15-,19+,22-,23+/m0/s1. The summed E-state index contributed by atoms with van der Waals surface area (Å²) in [6.45, 7) is 13.3. The highest BCUT2D eigenvalue weighted by molar-refractivity contribution is 6.20. The number of hydrogen-bond acceptors (Lipinski definition) is 4. The van der Waals surface area contributed by atoms with Crippen LogP contribution < -0.4 is 0 Å². The molecule has 3 aliphatic rings. The van der Waals surface area contributed by atoms with Crippen molar-refractivity contribution in [3.63, 3.8) is 0 Å². The Labute approximate surface area is 162 Å². The zero-order valence-electron chi connectivity index (χ0n) is 17.1. The molecule has 0 unspecified atom stereocenters. The van der Waals surface area contributed by atoms with Crippen LogP contribution in [-0.2, 0) is 14.3 Å². The summed E-state index contributed by atoms with van der Waals surface area (Å²) in [5.74, 6) is -0.442. The Balaban J connectivity index is 1.99. The van der Waals surface area contributed by atoms with Crippen LogP contribution in [-0.4, -0.2) is 23.3 Å². The zero-order valence-corrected chi connectivity index (χ0v) is 17.1. The molecule has 0 spiro atoms. The van der Waals surface area contributed by atoms with Crippen LogP contribution in [0.4, 0.5) is 0 Å². The Hall–Kier alpha value is -1.84. The van der Waals surface area contributed by atoms with Crippen molar-refractivity contribution in [2.45, 2.75) is 66.2 Å². The molecular weight excluding hydrogens is 340 g/mol. The summed E-state index contributed by atoms with van der Waals surface area (Å²) in [5.41, 5.74) is 1.43. The van der Waals surface area contributed by atoms with Gasteiger partial charge in [0.05, 0.1) is 6.61 Å². The number of ether oxygens (including phenoxy) is 1. The molecule has 0 saturated heterocycles. The SMILES string of the molecule is C=C1CCC[C@H]2[C@](C)(CC3=C(O)C(=O)C=C(OCC)C3=O)[C@@H](C)CC[C@@]12C. The first-order valence-corrected chi connectivity index (χ1v) is 10.2. The fraction of sp³-hybridized carbons (Fsp3) is 0.652. The minimum atomic E-state index is -0.532. The number of carbonyl (C=O) groups is 2. The van der Waals surface area contributed by atoms with E-state index in [0.29, 0.717) is 24.9 Å². The third kappa shape index (κ3) is 3.07. The van der Waals surface area contributed by atoms with Crippen molar-refractivity contribution < 1.29 is 19.4 Å². The maximum Gasteiger partial charge on any atom is 0.227 e. The highest BCUT2D eigenvalue weighted by Gasteiger charge is 2.55. The van der Waals surface area contributed by atoms with Crippen LogP contribution in [0.2, 0.25) is 0 Å². The molecule has 0 amide bonds. The molecule has 4 nitrogen and oxygen atoms in total. The normalized spacial score (nSPS) is 37.2. The number of hydrogen-bond donors (Lipinski definition) is 1. The summed E-state index contributed by atoms with van der Waals surface area (Å²) < 4.78 is 5.37. The fourth-order valence-electron chi connectivity index (χ4n) is 5.73. The van der Waals surface area contributed by atoms with E-state index in [1.807, 2.05) is 0 Å². The van der Waals surface area contributed by atoms with E-state index in [1.54, 1.807) is 6.92 Å². The van der Waals surface area contributed by atoms with E-state index in [0.717, 1.165) is 38.2 Å². The predicted octanol–water partition coefficient (Wildman–Crippen LogP) is 5.06. The lowest BCUT2D eigenvalue weighted by Crippen LogP contribution is -2.50. The number of allylic oxidation sites excluding steroid dienone is 3. The molecule has 0 aromatic rings. The van der Waals surface area contributed by atoms with Crippen molar-refractivity contribution in [1.82, 2.24) is 0 Å². The highest BCUT2D eigenvalue weighted by Crippen LogP contribution is 2.63. The molecule has 0 aliphatic heterocycles. The zero-order chi connectivity index (χ0) is 20.0. The Kier molecular flexibility index (Phi) is 5.13. The Morgan fingerprint density at radius 2 is 2.00 bits per heavy atom. The minimum Gasteiger partial charge on any atom is -0.504 e. The van der Waals surface area contributed by atoms with Gasteiger partial charge in [-0.3, -0.25) is 9.59 Å². The lowest BCUT2D eigenvalue weighted by Gasteiger charge is -2.59. The van der Waals surface area contributed by atoms with Crippen LogP contribution in [0.25, 0.3) is 0 Å². The molecule has 148 valence electrons. The first-order chi connectivity index (χ1) is 12.6. The first-order valence-electron chi connectivity index (χ1n) is 10.2. The van der Waals surface area contributed by atoms with Gasteiger partial charge in [-0.15, -0.1) is 0 Å². The van der Waals surface area contributed by atoms with Crippen LogP contribution in [0, 0.1) is 22.7 Å². The highest BCUT2D eigenvalue weighted by atomic mass is 16.5. The van der Waals surface area contributed by atoms with E-state index in [4.69, 9.17) is 4.74 Å². The Morgan fingerprint density at radius 3 is 2.67 bits per heavy atom. The summed E-state index contributed by atoms with van der Waals surface area (Å²) in [4.78, 5) is 25.1. The smallest absolute Gasteiger partial charge is 0.227 e. The number of fused-ring (bicyclic) bond motifs is 1. The number of Topliss-reactive ketones (excluding diaryl/α,β-unsaturated/α-hetero) is 1. The van der Waals surface area contributed by atoms with Gasteiger partial charge >= 0.3 is 0 Å². The molecule has 3 rings (SSSR count). The monoisotopic (exact) mass is 372 g/mol. The maximum absolute atomic E-state index is 12.9. The van der Waals surface area contributed by atoms with E-state index in [2.05, 4.69) is 27.4 Å². The van der Waals surface area contributed by atoms with Crippen LogP contribution >= 0.6 is 0 Å². The van der Waals surface area contributed by atoms with Gasteiger partial charge < -0.3 is 9.84 Å². The third-order valence-electron chi connectivity index (χ3n) is 7.70. The van der Waals surface area contributed by atoms with Crippen molar-refractivity contribution in [3.05, 3.63) is 35.3 Å². The van der Waals surface area contributed by atoms with Gasteiger partial charge in [0.1, 0.15) is 0 Å². The summed E-state index contributed by atoms with van der Waals surface area (Å²) >= 11 is 0. The Bertz CT molecular complexity index is 743. The van der Waals surface area contributed by atoms with E-state index in [1.165, 1.54) is 5.57 Å². The van der Waals surface area contributed by atoms with Gasteiger partial charge in [0.15, 0.2) is 11.5 Å². The molecule has 1 N–H and O–H groups in total. The second-order valence-electron chi connectivity index (χ2n) is 9.05. The van der Waals surface area contributed by atoms with Gasteiger partial charge in [-0.1, -0.05) is 32.9 Å². The van der Waals surface area contributed by atoms with E-state index in [-0.39, 0.29) is 27.9 Å². The molecule has 2 saturated carbocycles. The topological polar surface area (TPSA) is 63.6 Å². The molecule has 0 heterocycles. The maximum atomic E-state index is 12.9. The van der Waals surface area contributed by atoms with Crippen molar-refractivity contribution >= 4 is 11.6 Å². The summed E-state index contributed by atoms with van der Waals surface area (Å²) in [7, 11) is 0. The molecule has 27 heavy (non-hydrogen) atoms. The van der Waals surface area contributed by atoms with Crippen molar-refractivity contribution in [2.75, 3.05) is 6.61 Å². The molecule has 0 aromatic heterocycles. The van der Waals surface area contributed by atoms with Crippen molar-refractivity contribution in [1.29, 1.82) is 0 Å². The lowest BCUT2D eigenvalue weighted by molar-refractivity contribution is -0.121. The fourth-order valence-corrected chi connectivity index (χ4v) is 5.73. The summed E-state index contributed by atoms with van der Waals surface area (Å²) in [6.07, 6.45) is 6.98. The van der Waals surface area contributed by atoms with Gasteiger partial charge in [0.2, 0.25) is 11.6 Å². The molecule has 4 heteroatoms. The van der Waals surface area contributed by atoms with Crippen LogP contribution in [0.1, 0.15) is 66.2 Å². The number of ketones is 2. The molecule has 0 radical (unpaired) electrons. The number of aliphatic hydroxyl groups excluding tert-OH is 1. The first kappa shape index (κ1) is 19.9. The molecule has 0 bridgehead atoms. The molecule has 2 fully saturated rings. The quantitative estimate of drug-likeness (QED) is 0.553. The lowest BCUT2D eigenvalue weighted by atomic mass is 9.46. The van der Waals surface area contributed by atoms with Gasteiger partial charge in [0.25, 0.3) is 0 Å². The van der Waals surface area contributed by atoms with Gasteiger partial charge in [-0.2, -0.15) is 0 Å². The number of aliphatic hydroxyl groups is 1. The Morgan fingerprint density at radius 1 is 1.30 bits per heavy atom. The largest absolute Gasteiger partial charge is 0.504 e. The van der Waals surface area contributed by atoms with Crippen molar-refractivity contribution in [3.8, 4) is 0 Å². The van der Waals surface area contributed by atoms with E-state index >= 15 is 0 Å². The van der Waals surface area contributed by atoms with E-state index < -0.39 is 11.5 Å².